The summed E-state index contributed by atoms with van der Waals surface area (Å²) in [6.45, 7) is 1.63. The van der Waals surface area contributed by atoms with Gasteiger partial charge in [0.1, 0.15) is 11.6 Å². The number of anilines is 1. The van der Waals surface area contributed by atoms with Gasteiger partial charge in [0.05, 0.1) is 5.75 Å². The van der Waals surface area contributed by atoms with Gasteiger partial charge < -0.3 is 5.32 Å². The van der Waals surface area contributed by atoms with Crippen molar-refractivity contribution in [3.63, 3.8) is 0 Å². The van der Waals surface area contributed by atoms with Crippen molar-refractivity contribution in [1.29, 1.82) is 0 Å². The molecule has 0 saturated heterocycles. The van der Waals surface area contributed by atoms with Crippen molar-refractivity contribution < 1.29 is 13.6 Å². The Morgan fingerprint density at radius 3 is 2.63 bits per heavy atom. The Hall–Kier alpha value is -3.00. The van der Waals surface area contributed by atoms with Crippen LogP contribution < -0.4 is 10.9 Å². The van der Waals surface area contributed by atoms with E-state index in [1.165, 1.54) is 47.3 Å². The van der Waals surface area contributed by atoms with Crippen molar-refractivity contribution in [2.45, 2.75) is 11.9 Å². The fourth-order valence-electron chi connectivity index (χ4n) is 2.30. The van der Waals surface area contributed by atoms with Gasteiger partial charge in [0, 0.05) is 23.8 Å². The largest absolute Gasteiger partial charge is 0.325 e. The summed E-state index contributed by atoms with van der Waals surface area (Å²) in [5.74, 6) is -1.26. The Labute approximate surface area is 158 Å². The number of benzene rings is 2. The van der Waals surface area contributed by atoms with Crippen LogP contribution in [0.25, 0.3) is 5.69 Å². The minimum atomic E-state index is -0.414. The molecular formula is C19H15F2N3O2S. The number of aryl methyl sites for hydroxylation is 1. The molecule has 5 nitrogen and oxygen atoms in total. The number of hydrogen-bond acceptors (Lipinski definition) is 4. The van der Waals surface area contributed by atoms with E-state index in [2.05, 4.69) is 10.3 Å². The number of carbonyl (C=O) groups excluding carboxylic acids is 1. The summed E-state index contributed by atoms with van der Waals surface area (Å²) in [6.07, 6.45) is 2.90. The maximum absolute atomic E-state index is 13.5. The lowest BCUT2D eigenvalue weighted by Crippen LogP contribution is -2.22. The van der Waals surface area contributed by atoms with E-state index in [9.17, 15) is 18.4 Å². The van der Waals surface area contributed by atoms with Gasteiger partial charge in [-0.2, -0.15) is 0 Å². The SMILES string of the molecule is Cc1ccc(NC(=O)CSc2nccn(-c3ccc(F)cc3)c2=O)cc1F. The summed E-state index contributed by atoms with van der Waals surface area (Å²) in [5.41, 5.74) is 0.902. The molecule has 0 fully saturated rings. The first-order valence-corrected chi connectivity index (χ1v) is 8.95. The highest BCUT2D eigenvalue weighted by Crippen LogP contribution is 2.16. The van der Waals surface area contributed by atoms with Crippen molar-refractivity contribution in [3.8, 4) is 5.69 Å². The zero-order chi connectivity index (χ0) is 19.4. The first-order chi connectivity index (χ1) is 12.9. The van der Waals surface area contributed by atoms with Crippen LogP contribution in [0, 0.1) is 18.6 Å². The molecule has 0 atom stereocenters. The van der Waals surface area contributed by atoms with Gasteiger partial charge >= 0.3 is 0 Å². The molecule has 0 radical (unpaired) electrons. The number of rotatable bonds is 5. The lowest BCUT2D eigenvalue weighted by Gasteiger charge is -2.08. The predicted molar refractivity (Wildman–Crippen MR) is 100 cm³/mol. The zero-order valence-electron chi connectivity index (χ0n) is 14.3. The average molecular weight is 387 g/mol. The lowest BCUT2D eigenvalue weighted by molar-refractivity contribution is -0.113. The van der Waals surface area contributed by atoms with Crippen LogP contribution in [0.4, 0.5) is 14.5 Å². The van der Waals surface area contributed by atoms with Gasteiger partial charge in [0.2, 0.25) is 5.91 Å². The molecule has 1 N–H and O–H groups in total. The van der Waals surface area contributed by atoms with Gasteiger partial charge in [0.15, 0.2) is 5.03 Å². The second-order valence-corrected chi connectivity index (χ2v) is 6.65. The van der Waals surface area contributed by atoms with Gasteiger partial charge in [-0.1, -0.05) is 17.8 Å². The molecule has 27 heavy (non-hydrogen) atoms. The molecule has 0 aliphatic heterocycles. The highest BCUT2D eigenvalue weighted by molar-refractivity contribution is 7.99. The van der Waals surface area contributed by atoms with E-state index in [1.807, 2.05) is 0 Å². The number of thioether (sulfide) groups is 1. The Kier molecular flexibility index (Phi) is 5.66. The fraction of sp³-hybridized carbons (Fsp3) is 0.105. The quantitative estimate of drug-likeness (QED) is 0.680. The molecule has 3 rings (SSSR count). The maximum Gasteiger partial charge on any atom is 0.287 e. The minimum absolute atomic E-state index is 0.0643. The van der Waals surface area contributed by atoms with Crippen molar-refractivity contribution in [2.75, 3.05) is 11.1 Å². The van der Waals surface area contributed by atoms with E-state index in [0.717, 1.165) is 11.8 Å². The highest BCUT2D eigenvalue weighted by atomic mass is 32.2. The molecule has 2 aromatic carbocycles. The first kappa shape index (κ1) is 18.8. The van der Waals surface area contributed by atoms with Crippen molar-refractivity contribution >= 4 is 23.4 Å². The molecule has 3 aromatic rings. The summed E-state index contributed by atoms with van der Waals surface area (Å²) >= 11 is 0.969. The van der Waals surface area contributed by atoms with E-state index < -0.39 is 17.2 Å². The molecule has 0 unspecified atom stereocenters. The van der Waals surface area contributed by atoms with E-state index in [0.29, 0.717) is 16.9 Å². The van der Waals surface area contributed by atoms with Crippen LogP contribution in [0.2, 0.25) is 0 Å². The van der Waals surface area contributed by atoms with Crippen LogP contribution in [0.3, 0.4) is 0 Å². The molecule has 138 valence electrons. The van der Waals surface area contributed by atoms with Crippen molar-refractivity contribution in [3.05, 3.63) is 82.4 Å². The third-order valence-corrected chi connectivity index (χ3v) is 4.67. The van der Waals surface area contributed by atoms with Gasteiger partial charge in [-0.25, -0.2) is 13.8 Å². The van der Waals surface area contributed by atoms with Crippen molar-refractivity contribution in [2.24, 2.45) is 0 Å². The smallest absolute Gasteiger partial charge is 0.287 e. The number of nitrogens with one attached hydrogen (secondary N) is 1. The van der Waals surface area contributed by atoms with Crippen LogP contribution in [0.15, 0.2) is 64.7 Å². The monoisotopic (exact) mass is 387 g/mol. The molecule has 1 heterocycles. The van der Waals surface area contributed by atoms with Crippen molar-refractivity contribution in [1.82, 2.24) is 9.55 Å². The van der Waals surface area contributed by atoms with Crippen LogP contribution in [0.1, 0.15) is 5.56 Å². The third-order valence-electron chi connectivity index (χ3n) is 3.71. The average Bonchev–Trinajstić information content (AvgIpc) is 2.65. The van der Waals surface area contributed by atoms with Gasteiger partial charge in [-0.3, -0.25) is 14.2 Å². The van der Waals surface area contributed by atoms with E-state index >= 15 is 0 Å². The topological polar surface area (TPSA) is 64.0 Å². The molecule has 1 aromatic heterocycles. The number of hydrogen-bond donors (Lipinski definition) is 1. The number of halogens is 2. The van der Waals surface area contributed by atoms with Crippen LogP contribution in [-0.4, -0.2) is 21.2 Å². The number of carbonyl (C=O) groups is 1. The lowest BCUT2D eigenvalue weighted by atomic mass is 10.2. The zero-order valence-corrected chi connectivity index (χ0v) is 15.1. The normalized spacial score (nSPS) is 10.6. The van der Waals surface area contributed by atoms with Crippen LogP contribution in [0.5, 0.6) is 0 Å². The van der Waals surface area contributed by atoms with Crippen LogP contribution in [-0.2, 0) is 4.79 Å². The summed E-state index contributed by atoms with van der Waals surface area (Å²) in [5, 5.41) is 2.71. The highest BCUT2D eigenvalue weighted by Gasteiger charge is 2.11. The minimum Gasteiger partial charge on any atom is -0.325 e. The molecule has 0 spiro atoms. The Morgan fingerprint density at radius 1 is 1.19 bits per heavy atom. The molecular weight excluding hydrogens is 372 g/mol. The number of nitrogens with zero attached hydrogens (tertiary/aromatic N) is 2. The summed E-state index contributed by atoms with van der Waals surface area (Å²) in [4.78, 5) is 28.6. The Balaban J connectivity index is 1.70. The Bertz CT molecular complexity index is 1040. The Morgan fingerprint density at radius 2 is 1.93 bits per heavy atom. The molecule has 0 aliphatic carbocycles. The second-order valence-electron chi connectivity index (χ2n) is 5.68. The van der Waals surface area contributed by atoms with Crippen LogP contribution >= 0.6 is 11.8 Å². The van der Waals surface area contributed by atoms with E-state index in [4.69, 9.17) is 0 Å². The standard InChI is InChI=1S/C19H15F2N3O2S/c1-12-2-5-14(10-16(12)21)23-17(25)11-27-18-19(26)24(9-8-22-18)15-6-3-13(20)4-7-15/h2-10H,11H2,1H3,(H,23,25). The van der Waals surface area contributed by atoms with Gasteiger partial charge in [-0.15, -0.1) is 0 Å². The number of amides is 1. The first-order valence-electron chi connectivity index (χ1n) is 7.96. The molecule has 0 bridgehead atoms. The summed E-state index contributed by atoms with van der Waals surface area (Å²) < 4.78 is 27.9. The van der Waals surface area contributed by atoms with E-state index in [1.54, 1.807) is 19.1 Å². The summed E-state index contributed by atoms with van der Waals surface area (Å²) in [7, 11) is 0. The molecule has 1 amide bonds. The van der Waals surface area contributed by atoms with Gasteiger partial charge in [-0.05, 0) is 48.9 Å². The molecule has 0 saturated carbocycles. The molecule has 0 aliphatic rings. The fourth-order valence-corrected chi connectivity index (χ4v) is 3.00. The van der Waals surface area contributed by atoms with E-state index in [-0.39, 0.29) is 16.7 Å². The molecule has 8 heteroatoms. The third kappa shape index (κ3) is 4.59. The predicted octanol–water partition coefficient (Wildman–Crippen LogP) is 3.55. The van der Waals surface area contributed by atoms with Gasteiger partial charge in [0.25, 0.3) is 5.56 Å². The number of aromatic nitrogens is 2. The summed E-state index contributed by atoms with van der Waals surface area (Å²) in [6, 6.07) is 9.86. The second kappa shape index (κ2) is 8.13. The maximum atomic E-state index is 13.5.